The quantitative estimate of drug-likeness (QED) is 0.617. The van der Waals surface area contributed by atoms with Gasteiger partial charge in [0.1, 0.15) is 0 Å². The first kappa shape index (κ1) is 23.5. The number of carbonyl (C=O) groups is 2. The molecular weight excluding hydrogens is 463 g/mol. The Balaban J connectivity index is 1.69. The Hall–Kier alpha value is -2.13. The van der Waals surface area contributed by atoms with Gasteiger partial charge in [0.15, 0.2) is 6.61 Å². The maximum atomic E-state index is 12.9. The normalized spacial score (nSPS) is 14.8. The Kier molecular flexibility index (Phi) is 7.59. The van der Waals surface area contributed by atoms with E-state index in [1.165, 1.54) is 28.6 Å². The summed E-state index contributed by atoms with van der Waals surface area (Å²) in [5.74, 6) is -1.45. The summed E-state index contributed by atoms with van der Waals surface area (Å²) >= 11 is 11.9. The van der Waals surface area contributed by atoms with E-state index >= 15 is 0 Å². The third-order valence-electron chi connectivity index (χ3n) is 4.94. The molecule has 0 spiro atoms. The summed E-state index contributed by atoms with van der Waals surface area (Å²) in [6, 6.07) is 9.13. The molecule has 0 radical (unpaired) electrons. The molecule has 1 aliphatic rings. The highest BCUT2D eigenvalue weighted by molar-refractivity contribution is 7.89. The third-order valence-corrected chi connectivity index (χ3v) is 7.46. The molecule has 1 amide bonds. The van der Waals surface area contributed by atoms with Gasteiger partial charge in [0.05, 0.1) is 20.5 Å². The minimum atomic E-state index is -3.64. The lowest BCUT2D eigenvalue weighted by Gasteiger charge is -2.26. The van der Waals surface area contributed by atoms with E-state index in [1.807, 2.05) is 0 Å². The Labute approximate surface area is 191 Å². The van der Waals surface area contributed by atoms with Crippen molar-refractivity contribution in [2.75, 3.05) is 25.0 Å². The fourth-order valence-electron chi connectivity index (χ4n) is 3.23. The van der Waals surface area contributed by atoms with Gasteiger partial charge in [-0.15, -0.1) is 0 Å². The number of anilines is 1. The van der Waals surface area contributed by atoms with Crippen LogP contribution in [0.5, 0.6) is 0 Å². The molecule has 1 N–H and O–H groups in total. The highest BCUT2D eigenvalue weighted by Crippen LogP contribution is 2.26. The molecule has 0 atom stereocenters. The number of sulfonamides is 1. The van der Waals surface area contributed by atoms with Crippen molar-refractivity contribution < 1.29 is 22.7 Å². The fraction of sp³-hybridized carbons (Fsp3) is 0.333. The lowest BCUT2D eigenvalue weighted by atomic mass is 10.2. The number of aryl methyl sites for hydroxylation is 1. The summed E-state index contributed by atoms with van der Waals surface area (Å²) in [6.07, 6.45) is 2.67. The van der Waals surface area contributed by atoms with Crippen molar-refractivity contribution in [3.8, 4) is 0 Å². The molecule has 31 heavy (non-hydrogen) atoms. The summed E-state index contributed by atoms with van der Waals surface area (Å²) < 4.78 is 32.3. The standard InChI is InChI=1S/C21H22Cl2N2O5S/c1-14-8-9-15(31(28,29)25-10-3-2-4-11-25)12-18(14)24-19(26)13-30-21(27)20-16(22)6-5-7-17(20)23/h5-9,12H,2-4,10-11,13H2,1H3,(H,24,26). The molecule has 0 aromatic heterocycles. The van der Waals surface area contributed by atoms with Crippen LogP contribution in [-0.2, 0) is 19.6 Å². The first-order chi connectivity index (χ1) is 14.7. The van der Waals surface area contributed by atoms with Crippen LogP contribution in [0.25, 0.3) is 0 Å². The van der Waals surface area contributed by atoms with Gasteiger partial charge < -0.3 is 10.1 Å². The first-order valence-electron chi connectivity index (χ1n) is 9.72. The van der Waals surface area contributed by atoms with E-state index in [1.54, 1.807) is 19.1 Å². The van der Waals surface area contributed by atoms with Gasteiger partial charge in [-0.25, -0.2) is 13.2 Å². The number of halogens is 2. The molecule has 0 saturated carbocycles. The van der Waals surface area contributed by atoms with Crippen molar-refractivity contribution in [3.63, 3.8) is 0 Å². The zero-order valence-electron chi connectivity index (χ0n) is 16.9. The highest BCUT2D eigenvalue weighted by Gasteiger charge is 2.26. The molecule has 1 aliphatic heterocycles. The van der Waals surface area contributed by atoms with E-state index < -0.39 is 28.5 Å². The first-order valence-corrected chi connectivity index (χ1v) is 11.9. The van der Waals surface area contributed by atoms with Gasteiger partial charge in [0.2, 0.25) is 10.0 Å². The largest absolute Gasteiger partial charge is 0.452 e. The lowest BCUT2D eigenvalue weighted by Crippen LogP contribution is -2.35. The predicted octanol–water partition coefficient (Wildman–Crippen LogP) is 4.27. The van der Waals surface area contributed by atoms with Crippen molar-refractivity contribution in [1.82, 2.24) is 4.31 Å². The number of hydrogen-bond acceptors (Lipinski definition) is 5. The number of benzene rings is 2. The number of rotatable bonds is 6. The number of hydrogen-bond donors (Lipinski definition) is 1. The molecule has 7 nitrogen and oxygen atoms in total. The second kappa shape index (κ2) is 9.99. The van der Waals surface area contributed by atoms with Gasteiger partial charge in [-0.1, -0.05) is 41.8 Å². The number of amides is 1. The minimum Gasteiger partial charge on any atom is -0.452 e. The summed E-state index contributed by atoms with van der Waals surface area (Å²) in [7, 11) is -3.64. The van der Waals surface area contributed by atoms with E-state index in [4.69, 9.17) is 27.9 Å². The van der Waals surface area contributed by atoms with Crippen molar-refractivity contribution in [2.45, 2.75) is 31.1 Å². The van der Waals surface area contributed by atoms with Crippen LogP contribution in [0.15, 0.2) is 41.3 Å². The fourth-order valence-corrected chi connectivity index (χ4v) is 5.33. The van der Waals surface area contributed by atoms with Crippen LogP contribution >= 0.6 is 23.2 Å². The number of ether oxygens (including phenoxy) is 1. The van der Waals surface area contributed by atoms with E-state index in [2.05, 4.69) is 5.32 Å². The minimum absolute atomic E-state index is 0.0237. The number of esters is 1. The molecule has 10 heteroatoms. The van der Waals surface area contributed by atoms with Gasteiger partial charge in [-0.2, -0.15) is 4.31 Å². The lowest BCUT2D eigenvalue weighted by molar-refractivity contribution is -0.119. The SMILES string of the molecule is Cc1ccc(S(=O)(=O)N2CCCCC2)cc1NC(=O)COC(=O)c1c(Cl)cccc1Cl. The van der Waals surface area contributed by atoms with E-state index in [0.29, 0.717) is 24.3 Å². The molecule has 0 unspecified atom stereocenters. The zero-order valence-corrected chi connectivity index (χ0v) is 19.2. The van der Waals surface area contributed by atoms with E-state index in [9.17, 15) is 18.0 Å². The van der Waals surface area contributed by atoms with Gasteiger partial charge >= 0.3 is 5.97 Å². The average molecular weight is 485 g/mol. The van der Waals surface area contributed by atoms with Gasteiger partial charge in [-0.3, -0.25) is 4.79 Å². The second-order valence-electron chi connectivity index (χ2n) is 7.16. The van der Waals surface area contributed by atoms with Crippen LogP contribution in [0.2, 0.25) is 10.0 Å². The molecule has 0 bridgehead atoms. The van der Waals surface area contributed by atoms with Gasteiger partial charge in [-0.05, 0) is 49.6 Å². The molecule has 3 rings (SSSR count). The topological polar surface area (TPSA) is 92.8 Å². The molecule has 0 aliphatic carbocycles. The average Bonchev–Trinajstić information content (AvgIpc) is 2.74. The Morgan fingerprint density at radius 2 is 1.71 bits per heavy atom. The zero-order chi connectivity index (χ0) is 22.6. The maximum Gasteiger partial charge on any atom is 0.341 e. The van der Waals surface area contributed by atoms with E-state index in [-0.39, 0.29) is 20.5 Å². The van der Waals surface area contributed by atoms with Crippen molar-refractivity contribution in [3.05, 3.63) is 57.6 Å². The number of piperidine rings is 1. The van der Waals surface area contributed by atoms with Gasteiger partial charge in [0, 0.05) is 18.8 Å². The van der Waals surface area contributed by atoms with Crippen molar-refractivity contribution in [1.29, 1.82) is 0 Å². The molecule has 166 valence electrons. The van der Waals surface area contributed by atoms with Crippen LogP contribution in [-0.4, -0.2) is 44.3 Å². The summed E-state index contributed by atoms with van der Waals surface area (Å²) in [5, 5.41) is 2.83. The van der Waals surface area contributed by atoms with Crippen LogP contribution in [0.1, 0.15) is 35.2 Å². The molecule has 1 saturated heterocycles. The molecule has 2 aromatic carbocycles. The van der Waals surface area contributed by atoms with Crippen LogP contribution in [0, 0.1) is 6.92 Å². The number of carbonyl (C=O) groups excluding carboxylic acids is 2. The summed E-state index contributed by atoms with van der Waals surface area (Å²) in [4.78, 5) is 24.6. The van der Waals surface area contributed by atoms with Crippen molar-refractivity contribution in [2.24, 2.45) is 0 Å². The predicted molar refractivity (Wildman–Crippen MR) is 119 cm³/mol. The third kappa shape index (κ3) is 5.57. The maximum absolute atomic E-state index is 12.9. The molecule has 1 heterocycles. The van der Waals surface area contributed by atoms with Crippen LogP contribution < -0.4 is 5.32 Å². The molecule has 2 aromatic rings. The second-order valence-corrected chi connectivity index (χ2v) is 9.91. The van der Waals surface area contributed by atoms with Gasteiger partial charge in [0.25, 0.3) is 5.91 Å². The summed E-state index contributed by atoms with van der Waals surface area (Å²) in [5.41, 5.74) is 0.978. The monoisotopic (exact) mass is 484 g/mol. The number of nitrogens with one attached hydrogen (secondary N) is 1. The Bertz CT molecular complexity index is 1080. The van der Waals surface area contributed by atoms with Crippen molar-refractivity contribution >= 4 is 50.8 Å². The summed E-state index contributed by atoms with van der Waals surface area (Å²) in [6.45, 7) is 2.13. The highest BCUT2D eigenvalue weighted by atomic mass is 35.5. The van der Waals surface area contributed by atoms with Crippen LogP contribution in [0.3, 0.4) is 0 Å². The Morgan fingerprint density at radius 3 is 2.35 bits per heavy atom. The van der Waals surface area contributed by atoms with E-state index in [0.717, 1.165) is 19.3 Å². The van der Waals surface area contributed by atoms with Crippen LogP contribution in [0.4, 0.5) is 5.69 Å². The molecular formula is C21H22Cl2N2O5S. The number of nitrogens with zero attached hydrogens (tertiary/aromatic N) is 1. The Morgan fingerprint density at radius 1 is 1.06 bits per heavy atom. The molecule has 1 fully saturated rings. The smallest absolute Gasteiger partial charge is 0.341 e.